The van der Waals surface area contributed by atoms with Gasteiger partial charge in [-0.3, -0.25) is 14.3 Å². The van der Waals surface area contributed by atoms with Crippen molar-refractivity contribution in [2.75, 3.05) is 18.8 Å². The quantitative estimate of drug-likeness (QED) is 0.629. The Kier molecular flexibility index (Phi) is 5.18. The highest BCUT2D eigenvalue weighted by Gasteiger charge is 2.31. The van der Waals surface area contributed by atoms with Gasteiger partial charge in [0.25, 0.3) is 5.69 Å². The van der Waals surface area contributed by atoms with Gasteiger partial charge in [0.2, 0.25) is 0 Å². The SMILES string of the molecule is CC(C)(C)OC(=O)N1CCC(CS(=O)c2nc3ccc([N+](=O)[O-])cc3[nH]2)C1. The molecule has 1 aliphatic heterocycles. The number of hydrogen-bond acceptors (Lipinski definition) is 6. The lowest BCUT2D eigenvalue weighted by atomic mass is 10.2. The normalized spacial score (nSPS) is 18.6. The summed E-state index contributed by atoms with van der Waals surface area (Å²) in [5, 5.41) is 11.1. The number of amides is 1. The number of nitro groups is 1. The highest BCUT2D eigenvalue weighted by molar-refractivity contribution is 7.84. The highest BCUT2D eigenvalue weighted by atomic mass is 32.2. The standard InChI is InChI=1S/C17H22N4O5S/c1-17(2,3)26-16(22)20-7-6-11(9-20)10-27(25)15-18-13-5-4-12(21(23)24)8-14(13)19-15/h4-5,8,11H,6-7,9-10H2,1-3H3,(H,18,19). The highest BCUT2D eigenvalue weighted by Crippen LogP contribution is 2.23. The lowest BCUT2D eigenvalue weighted by Gasteiger charge is -2.24. The summed E-state index contributed by atoms with van der Waals surface area (Å²) in [5.74, 6) is 0.446. The monoisotopic (exact) mass is 394 g/mol. The van der Waals surface area contributed by atoms with Crippen LogP contribution in [0.15, 0.2) is 23.4 Å². The fourth-order valence-electron chi connectivity index (χ4n) is 2.95. The number of rotatable bonds is 4. The van der Waals surface area contributed by atoms with Crippen LogP contribution in [0.1, 0.15) is 27.2 Å². The molecule has 1 aliphatic rings. The number of nitrogens with zero attached hydrogens (tertiary/aromatic N) is 3. The van der Waals surface area contributed by atoms with E-state index in [0.717, 1.165) is 6.42 Å². The summed E-state index contributed by atoms with van der Waals surface area (Å²) < 4.78 is 18.0. The van der Waals surface area contributed by atoms with Crippen LogP contribution in [-0.2, 0) is 15.5 Å². The maximum atomic E-state index is 12.6. The third-order valence-corrected chi connectivity index (χ3v) is 5.59. The fourth-order valence-corrected chi connectivity index (χ4v) is 4.23. The molecule has 2 heterocycles. The Morgan fingerprint density at radius 1 is 1.48 bits per heavy atom. The molecule has 1 aromatic heterocycles. The van der Waals surface area contributed by atoms with Crippen LogP contribution in [0.5, 0.6) is 0 Å². The maximum Gasteiger partial charge on any atom is 0.410 e. The van der Waals surface area contributed by atoms with Gasteiger partial charge in [-0.05, 0) is 39.2 Å². The van der Waals surface area contributed by atoms with E-state index in [2.05, 4.69) is 9.97 Å². The third kappa shape index (κ3) is 4.62. The van der Waals surface area contributed by atoms with Crippen LogP contribution >= 0.6 is 0 Å². The van der Waals surface area contributed by atoms with E-state index in [1.807, 2.05) is 20.8 Å². The van der Waals surface area contributed by atoms with Gasteiger partial charge in [0, 0.05) is 31.0 Å². The van der Waals surface area contributed by atoms with Crippen molar-refractivity contribution >= 4 is 33.6 Å². The molecule has 2 atom stereocenters. The number of fused-ring (bicyclic) bond motifs is 1. The van der Waals surface area contributed by atoms with Crippen molar-refractivity contribution in [1.29, 1.82) is 0 Å². The first-order chi connectivity index (χ1) is 12.6. The molecule has 9 nitrogen and oxygen atoms in total. The van der Waals surface area contributed by atoms with E-state index >= 15 is 0 Å². The minimum atomic E-state index is -1.39. The van der Waals surface area contributed by atoms with Crippen LogP contribution in [0.3, 0.4) is 0 Å². The first-order valence-electron chi connectivity index (χ1n) is 8.63. The number of carbonyl (C=O) groups excluding carboxylic acids is 1. The minimum Gasteiger partial charge on any atom is -0.444 e. The Morgan fingerprint density at radius 3 is 2.89 bits per heavy atom. The van der Waals surface area contributed by atoms with E-state index in [-0.39, 0.29) is 17.7 Å². The van der Waals surface area contributed by atoms with Gasteiger partial charge in [-0.25, -0.2) is 9.78 Å². The van der Waals surface area contributed by atoms with Gasteiger partial charge in [0.15, 0.2) is 5.16 Å². The average molecular weight is 394 g/mol. The molecular formula is C17H22N4O5S. The molecule has 1 amide bonds. The van der Waals surface area contributed by atoms with Crippen LogP contribution in [0, 0.1) is 16.0 Å². The van der Waals surface area contributed by atoms with Crippen molar-refractivity contribution in [2.45, 2.75) is 37.9 Å². The number of aromatic amines is 1. The van der Waals surface area contributed by atoms with Crippen LogP contribution in [-0.4, -0.2) is 54.5 Å². The molecule has 2 aromatic rings. The zero-order valence-corrected chi connectivity index (χ0v) is 16.2. The number of nitrogens with one attached hydrogen (secondary N) is 1. The summed E-state index contributed by atoms with van der Waals surface area (Å²) in [6, 6.07) is 4.28. The first-order valence-corrected chi connectivity index (χ1v) is 9.95. The predicted molar refractivity (Wildman–Crippen MR) is 99.9 cm³/mol. The van der Waals surface area contributed by atoms with Crippen LogP contribution < -0.4 is 0 Å². The molecule has 0 bridgehead atoms. The molecule has 146 valence electrons. The number of hydrogen-bond donors (Lipinski definition) is 1. The van der Waals surface area contributed by atoms with Gasteiger partial charge < -0.3 is 14.6 Å². The van der Waals surface area contributed by atoms with E-state index in [0.29, 0.717) is 35.0 Å². The van der Waals surface area contributed by atoms with Gasteiger partial charge in [-0.1, -0.05) is 0 Å². The van der Waals surface area contributed by atoms with Gasteiger partial charge in [0.1, 0.15) is 5.60 Å². The Bertz CT molecular complexity index is 904. The summed E-state index contributed by atoms with van der Waals surface area (Å²) in [6.45, 7) is 6.52. The summed E-state index contributed by atoms with van der Waals surface area (Å²) in [7, 11) is -1.39. The Morgan fingerprint density at radius 2 is 2.22 bits per heavy atom. The molecule has 3 rings (SSSR count). The fraction of sp³-hybridized carbons (Fsp3) is 0.529. The number of nitro benzene ring substituents is 1. The number of H-pyrrole nitrogens is 1. The van der Waals surface area contributed by atoms with Crippen molar-refractivity contribution in [3.05, 3.63) is 28.3 Å². The second kappa shape index (κ2) is 7.26. The van der Waals surface area contributed by atoms with Gasteiger partial charge >= 0.3 is 6.09 Å². The summed E-state index contributed by atoms with van der Waals surface area (Å²) >= 11 is 0. The lowest BCUT2D eigenvalue weighted by Crippen LogP contribution is -2.35. The van der Waals surface area contributed by atoms with Gasteiger partial charge in [-0.15, -0.1) is 0 Å². The van der Waals surface area contributed by atoms with Crippen LogP contribution in [0.25, 0.3) is 11.0 Å². The van der Waals surface area contributed by atoms with E-state index in [4.69, 9.17) is 4.74 Å². The molecule has 0 saturated carbocycles. The number of imidazole rings is 1. The molecule has 1 N–H and O–H groups in total. The van der Waals surface area contributed by atoms with Crippen molar-refractivity contribution < 1.29 is 18.7 Å². The number of benzene rings is 1. The molecule has 1 fully saturated rings. The summed E-state index contributed by atoms with van der Waals surface area (Å²) in [6.07, 6.45) is 0.392. The zero-order valence-electron chi connectivity index (χ0n) is 15.4. The second-order valence-electron chi connectivity index (χ2n) is 7.59. The topological polar surface area (TPSA) is 118 Å². The largest absolute Gasteiger partial charge is 0.444 e. The number of aromatic nitrogens is 2. The minimum absolute atomic E-state index is 0.0488. The maximum absolute atomic E-state index is 12.6. The van der Waals surface area contributed by atoms with E-state index in [9.17, 15) is 19.1 Å². The molecular weight excluding hydrogens is 372 g/mol. The molecule has 0 spiro atoms. The van der Waals surface area contributed by atoms with Crippen LogP contribution in [0.4, 0.5) is 10.5 Å². The van der Waals surface area contributed by atoms with E-state index < -0.39 is 21.3 Å². The molecule has 10 heteroatoms. The van der Waals surface area contributed by atoms with E-state index in [1.54, 1.807) is 4.90 Å². The molecule has 0 aliphatic carbocycles. The van der Waals surface area contributed by atoms with Crippen molar-refractivity contribution in [3.8, 4) is 0 Å². The molecule has 27 heavy (non-hydrogen) atoms. The molecule has 1 saturated heterocycles. The van der Waals surface area contributed by atoms with Crippen molar-refractivity contribution in [3.63, 3.8) is 0 Å². The molecule has 2 unspecified atom stereocenters. The number of non-ortho nitro benzene ring substituents is 1. The molecule has 1 aromatic carbocycles. The third-order valence-electron chi connectivity index (χ3n) is 4.19. The average Bonchev–Trinajstić information content (AvgIpc) is 3.18. The zero-order chi connectivity index (χ0) is 19.8. The van der Waals surface area contributed by atoms with Crippen LogP contribution in [0.2, 0.25) is 0 Å². The van der Waals surface area contributed by atoms with Gasteiger partial charge in [0.05, 0.1) is 26.8 Å². The van der Waals surface area contributed by atoms with Gasteiger partial charge in [-0.2, -0.15) is 0 Å². The Labute approximate surface area is 158 Å². The number of likely N-dealkylation sites (tertiary alicyclic amines) is 1. The number of ether oxygens (including phenoxy) is 1. The Balaban J connectivity index is 1.63. The van der Waals surface area contributed by atoms with Crippen molar-refractivity contribution in [1.82, 2.24) is 14.9 Å². The second-order valence-corrected chi connectivity index (χ2v) is 9.00. The Hall–Kier alpha value is -2.49. The summed E-state index contributed by atoms with van der Waals surface area (Å²) in [5.41, 5.74) is 0.418. The van der Waals surface area contributed by atoms with E-state index in [1.165, 1.54) is 18.2 Å². The lowest BCUT2D eigenvalue weighted by molar-refractivity contribution is -0.384. The van der Waals surface area contributed by atoms with Crippen molar-refractivity contribution in [2.24, 2.45) is 5.92 Å². The number of carbonyl (C=O) groups is 1. The first kappa shape index (κ1) is 19.3. The molecule has 0 radical (unpaired) electrons. The predicted octanol–water partition coefficient (Wildman–Crippen LogP) is 2.84. The smallest absolute Gasteiger partial charge is 0.410 e. The summed E-state index contributed by atoms with van der Waals surface area (Å²) in [4.78, 5) is 31.3.